The van der Waals surface area contributed by atoms with Gasteiger partial charge >= 0.3 is 5.97 Å². The van der Waals surface area contributed by atoms with E-state index in [4.69, 9.17) is 18.9 Å². The van der Waals surface area contributed by atoms with Crippen LogP contribution >= 0.6 is 0 Å². The van der Waals surface area contributed by atoms with Crippen molar-refractivity contribution >= 4 is 37.3 Å². The van der Waals surface area contributed by atoms with Gasteiger partial charge in [-0.2, -0.15) is 9.97 Å². The fraction of sp³-hybridized carbons (Fsp3) is 0.519. The molecule has 1 aromatic carbocycles. The van der Waals surface area contributed by atoms with Crippen LogP contribution in [0, 0.1) is 5.92 Å². The summed E-state index contributed by atoms with van der Waals surface area (Å²) in [6.07, 6.45) is 0. The lowest BCUT2D eigenvalue weighted by molar-refractivity contribution is -0.142. The molecule has 0 fully saturated rings. The molecule has 0 radical (unpaired) electrons. The fourth-order valence-corrected chi connectivity index (χ4v) is 4.31. The molecule has 0 saturated heterocycles. The Balaban J connectivity index is 2.03. The molecule has 0 atom stereocenters. The van der Waals surface area contributed by atoms with Crippen molar-refractivity contribution in [3.8, 4) is 5.88 Å². The van der Waals surface area contributed by atoms with Crippen LogP contribution in [-0.2, 0) is 38.5 Å². The molecule has 3 aromatic rings. The first kappa shape index (κ1) is 29.2. The maximum atomic E-state index is 12.5. The van der Waals surface area contributed by atoms with Crippen molar-refractivity contribution in [3.63, 3.8) is 0 Å². The zero-order valence-electron chi connectivity index (χ0n) is 23.6. The van der Waals surface area contributed by atoms with Crippen LogP contribution in [0.5, 0.6) is 5.88 Å². The number of hydrogen-bond acceptors (Lipinski definition) is 8. The van der Waals surface area contributed by atoms with Crippen molar-refractivity contribution in [2.45, 2.75) is 79.4 Å². The maximum absolute atomic E-state index is 12.5. The number of ether oxygens (including phenoxy) is 2. The predicted octanol–water partition coefficient (Wildman–Crippen LogP) is 5.08. The largest absolute Gasteiger partial charge is 0.471 e. The number of anilines is 1. The molecule has 1 N–H and O–H groups in total. The summed E-state index contributed by atoms with van der Waals surface area (Å²) >= 11 is 0. The average Bonchev–Trinajstić information content (AvgIpc) is 3.18. The molecular formula is C27H39N5O5Si. The summed E-state index contributed by atoms with van der Waals surface area (Å²) in [5.41, 5.74) is 1.83. The summed E-state index contributed by atoms with van der Waals surface area (Å²) < 4.78 is 19.6. The van der Waals surface area contributed by atoms with E-state index in [1.807, 2.05) is 34.9 Å². The highest BCUT2D eigenvalue weighted by Gasteiger charge is 2.37. The molecule has 10 nitrogen and oxygen atoms in total. The summed E-state index contributed by atoms with van der Waals surface area (Å²) in [5, 5.41) is 2.82. The SMILES string of the molecule is CC(=O)OCc1nc2c(OCc3ccccc3)nc(NC(=O)C(C)C)nc2n1CCO[Si](C)(C)C(C)(C)C. The molecule has 0 aliphatic carbocycles. The van der Waals surface area contributed by atoms with E-state index in [0.29, 0.717) is 30.1 Å². The van der Waals surface area contributed by atoms with E-state index in [0.717, 1.165) is 5.56 Å². The first-order valence-electron chi connectivity index (χ1n) is 12.8. The van der Waals surface area contributed by atoms with Crippen LogP contribution in [0.25, 0.3) is 11.2 Å². The topological polar surface area (TPSA) is 117 Å². The van der Waals surface area contributed by atoms with E-state index in [9.17, 15) is 9.59 Å². The van der Waals surface area contributed by atoms with Crippen LogP contribution in [0.15, 0.2) is 30.3 Å². The predicted molar refractivity (Wildman–Crippen MR) is 148 cm³/mol. The summed E-state index contributed by atoms with van der Waals surface area (Å²) in [7, 11) is -2.00. The number of benzene rings is 1. The van der Waals surface area contributed by atoms with Gasteiger partial charge in [-0.3, -0.25) is 14.9 Å². The van der Waals surface area contributed by atoms with Gasteiger partial charge in [-0.1, -0.05) is 65.0 Å². The van der Waals surface area contributed by atoms with Gasteiger partial charge in [-0.25, -0.2) is 4.98 Å². The van der Waals surface area contributed by atoms with Crippen LogP contribution in [0.3, 0.4) is 0 Å². The smallest absolute Gasteiger partial charge is 0.303 e. The zero-order chi connectivity index (χ0) is 28.1. The van der Waals surface area contributed by atoms with Gasteiger partial charge in [0.25, 0.3) is 0 Å². The summed E-state index contributed by atoms with van der Waals surface area (Å²) in [6.45, 7) is 16.9. The number of nitrogens with zero attached hydrogens (tertiary/aromatic N) is 4. The van der Waals surface area contributed by atoms with Crippen LogP contribution in [0.4, 0.5) is 5.95 Å². The Bertz CT molecular complexity index is 1270. The number of hydrogen-bond donors (Lipinski definition) is 1. The number of nitrogens with one attached hydrogen (secondary N) is 1. The minimum atomic E-state index is -2.00. The van der Waals surface area contributed by atoms with Crippen molar-refractivity contribution in [2.24, 2.45) is 5.92 Å². The molecule has 38 heavy (non-hydrogen) atoms. The maximum Gasteiger partial charge on any atom is 0.303 e. The van der Waals surface area contributed by atoms with E-state index in [2.05, 4.69) is 49.1 Å². The lowest BCUT2D eigenvalue weighted by Crippen LogP contribution is -2.41. The lowest BCUT2D eigenvalue weighted by Gasteiger charge is -2.36. The van der Waals surface area contributed by atoms with Crippen molar-refractivity contribution in [3.05, 3.63) is 41.7 Å². The third-order valence-corrected chi connectivity index (χ3v) is 11.1. The summed E-state index contributed by atoms with van der Waals surface area (Å²) in [5.74, 6) is -0.0649. The molecular weight excluding hydrogens is 502 g/mol. The van der Waals surface area contributed by atoms with Crippen LogP contribution < -0.4 is 10.1 Å². The molecule has 0 aliphatic rings. The highest BCUT2D eigenvalue weighted by Crippen LogP contribution is 2.36. The number of imidazole rings is 1. The lowest BCUT2D eigenvalue weighted by atomic mass is 10.2. The van der Waals surface area contributed by atoms with Crippen LogP contribution in [-0.4, -0.2) is 46.3 Å². The molecule has 206 valence electrons. The quantitative estimate of drug-likeness (QED) is 0.264. The normalized spacial score (nSPS) is 12.1. The first-order chi connectivity index (χ1) is 17.8. The standard InChI is InChI=1S/C27H39N5O5Si/c1-18(2)24(34)30-26-29-23-22(25(31-26)36-16-20-12-10-9-11-13-20)28-21(17-35-19(3)33)32(23)14-15-37-38(7,8)27(4,5)6/h9-13,18H,14-17H2,1-8H3,(H,29,30,31,34). The Kier molecular flexibility index (Phi) is 9.26. The number of fused-ring (bicyclic) bond motifs is 1. The number of rotatable bonds is 11. The molecule has 2 aromatic heterocycles. The van der Waals surface area contributed by atoms with Gasteiger partial charge in [0.1, 0.15) is 19.0 Å². The van der Waals surface area contributed by atoms with Gasteiger partial charge in [-0.05, 0) is 23.7 Å². The van der Waals surface area contributed by atoms with E-state index >= 15 is 0 Å². The number of carbonyl (C=O) groups is 2. The Morgan fingerprint density at radius 1 is 1.05 bits per heavy atom. The summed E-state index contributed by atoms with van der Waals surface area (Å²) in [4.78, 5) is 37.8. The van der Waals surface area contributed by atoms with Crippen molar-refractivity contribution < 1.29 is 23.5 Å². The third-order valence-electron chi connectivity index (χ3n) is 6.61. The molecule has 11 heteroatoms. The number of amides is 1. The van der Waals surface area contributed by atoms with Crippen LogP contribution in [0.2, 0.25) is 18.1 Å². The minimum absolute atomic E-state index is 0.0441. The Morgan fingerprint density at radius 3 is 2.34 bits per heavy atom. The van der Waals surface area contributed by atoms with Gasteiger partial charge in [0.15, 0.2) is 19.5 Å². The monoisotopic (exact) mass is 541 g/mol. The molecule has 2 heterocycles. The molecule has 0 saturated carbocycles. The Morgan fingerprint density at radius 2 is 1.74 bits per heavy atom. The van der Waals surface area contributed by atoms with Crippen molar-refractivity contribution in [2.75, 3.05) is 11.9 Å². The van der Waals surface area contributed by atoms with E-state index in [1.54, 1.807) is 13.8 Å². The average molecular weight is 542 g/mol. The molecule has 0 spiro atoms. The van der Waals surface area contributed by atoms with E-state index < -0.39 is 14.3 Å². The first-order valence-corrected chi connectivity index (χ1v) is 15.7. The van der Waals surface area contributed by atoms with E-state index in [-0.39, 0.29) is 41.9 Å². The van der Waals surface area contributed by atoms with Gasteiger partial charge in [0.2, 0.25) is 17.7 Å². The summed E-state index contributed by atoms with van der Waals surface area (Å²) in [6, 6.07) is 9.68. The Labute approximate surface area is 225 Å². The van der Waals surface area contributed by atoms with Gasteiger partial charge < -0.3 is 18.5 Å². The second-order valence-corrected chi connectivity index (χ2v) is 15.8. The second kappa shape index (κ2) is 12.0. The Hall–Kier alpha value is -3.31. The van der Waals surface area contributed by atoms with Gasteiger partial charge in [-0.15, -0.1) is 0 Å². The molecule has 3 rings (SSSR count). The molecule has 0 aliphatic heterocycles. The molecule has 0 unspecified atom stereocenters. The number of aromatic nitrogens is 4. The van der Waals surface area contributed by atoms with Gasteiger partial charge in [0, 0.05) is 19.4 Å². The van der Waals surface area contributed by atoms with Crippen molar-refractivity contribution in [1.82, 2.24) is 19.5 Å². The number of carbonyl (C=O) groups excluding carboxylic acids is 2. The molecule has 0 bridgehead atoms. The zero-order valence-corrected chi connectivity index (χ0v) is 24.6. The third kappa shape index (κ3) is 7.38. The highest BCUT2D eigenvalue weighted by atomic mass is 28.4. The van der Waals surface area contributed by atoms with E-state index in [1.165, 1.54) is 6.92 Å². The highest BCUT2D eigenvalue weighted by molar-refractivity contribution is 6.74. The van der Waals surface area contributed by atoms with Crippen LogP contribution in [0.1, 0.15) is 52.9 Å². The number of esters is 1. The minimum Gasteiger partial charge on any atom is -0.471 e. The fourth-order valence-electron chi connectivity index (χ4n) is 3.28. The molecule has 1 amide bonds. The second-order valence-electron chi connectivity index (χ2n) is 11.0. The van der Waals surface area contributed by atoms with Gasteiger partial charge in [0.05, 0.1) is 6.61 Å². The van der Waals surface area contributed by atoms with Crippen molar-refractivity contribution in [1.29, 1.82) is 0 Å².